The van der Waals surface area contributed by atoms with Crippen LogP contribution in [0, 0.1) is 5.82 Å². The minimum Gasteiger partial charge on any atom is -0.487 e. The summed E-state index contributed by atoms with van der Waals surface area (Å²) >= 11 is 0. The molecule has 0 amide bonds. The van der Waals surface area contributed by atoms with Crippen molar-refractivity contribution in [1.82, 2.24) is 5.32 Å². The van der Waals surface area contributed by atoms with Gasteiger partial charge < -0.3 is 15.2 Å². The van der Waals surface area contributed by atoms with Crippen molar-refractivity contribution in [3.63, 3.8) is 0 Å². The summed E-state index contributed by atoms with van der Waals surface area (Å²) in [6.45, 7) is 1.18. The summed E-state index contributed by atoms with van der Waals surface area (Å²) in [5, 5.41) is 13.5. The first kappa shape index (κ1) is 15.0. The largest absolute Gasteiger partial charge is 0.487 e. The molecule has 0 spiro atoms. The van der Waals surface area contributed by atoms with E-state index in [1.807, 2.05) is 30.3 Å². The third kappa shape index (κ3) is 3.64. The Morgan fingerprint density at radius 1 is 1.23 bits per heavy atom. The highest BCUT2D eigenvalue weighted by Crippen LogP contribution is 2.29. The van der Waals surface area contributed by atoms with Crippen LogP contribution in [0.15, 0.2) is 48.5 Å². The van der Waals surface area contributed by atoms with Crippen LogP contribution in [0.3, 0.4) is 0 Å². The van der Waals surface area contributed by atoms with Gasteiger partial charge in [0.1, 0.15) is 23.8 Å². The lowest BCUT2D eigenvalue weighted by atomic mass is 9.99. The molecule has 0 aromatic heterocycles. The molecular formula is C18H20FNO2. The van der Waals surface area contributed by atoms with E-state index in [9.17, 15) is 9.50 Å². The van der Waals surface area contributed by atoms with Gasteiger partial charge in [-0.25, -0.2) is 4.39 Å². The summed E-state index contributed by atoms with van der Waals surface area (Å²) in [7, 11) is 0. The molecule has 0 saturated heterocycles. The molecule has 2 aromatic carbocycles. The van der Waals surface area contributed by atoms with Crippen molar-refractivity contribution in [3.8, 4) is 5.75 Å². The molecule has 0 unspecified atom stereocenters. The lowest BCUT2D eigenvalue weighted by Gasteiger charge is -2.29. The molecular weight excluding hydrogens is 281 g/mol. The third-order valence-electron chi connectivity index (χ3n) is 3.95. The van der Waals surface area contributed by atoms with Crippen molar-refractivity contribution in [2.45, 2.75) is 31.6 Å². The second-order valence-corrected chi connectivity index (χ2v) is 5.63. The molecule has 22 heavy (non-hydrogen) atoms. The van der Waals surface area contributed by atoms with E-state index in [-0.39, 0.29) is 11.9 Å². The van der Waals surface area contributed by atoms with Crippen LogP contribution in [0.2, 0.25) is 0 Å². The molecule has 2 aromatic rings. The van der Waals surface area contributed by atoms with E-state index in [2.05, 4.69) is 5.32 Å². The Balaban J connectivity index is 1.51. The molecule has 0 aliphatic carbocycles. The number of aliphatic hydroxyl groups excluding tert-OH is 1. The average Bonchev–Trinajstić information content (AvgIpc) is 2.55. The Morgan fingerprint density at radius 2 is 2.05 bits per heavy atom. The van der Waals surface area contributed by atoms with Crippen molar-refractivity contribution in [2.24, 2.45) is 0 Å². The zero-order chi connectivity index (χ0) is 15.4. The van der Waals surface area contributed by atoms with Gasteiger partial charge in [0.2, 0.25) is 0 Å². The summed E-state index contributed by atoms with van der Waals surface area (Å²) in [4.78, 5) is 0. The highest BCUT2D eigenvalue weighted by Gasteiger charge is 2.26. The lowest BCUT2D eigenvalue weighted by Crippen LogP contribution is -2.41. The number of hydrogen-bond acceptors (Lipinski definition) is 3. The molecule has 116 valence electrons. The standard InChI is InChI=1S/C18H20FNO2/c19-15-7-9-17-14(10-15)6-8-18(22-17)16(21)12-20-11-13-4-2-1-3-5-13/h1-5,7,9-10,16,18,20-21H,6,8,11-12H2/t16-,18-/m0/s1. The van der Waals surface area contributed by atoms with Crippen molar-refractivity contribution in [2.75, 3.05) is 6.54 Å². The predicted molar refractivity (Wildman–Crippen MR) is 83.3 cm³/mol. The summed E-state index contributed by atoms with van der Waals surface area (Å²) in [6.07, 6.45) is 0.598. The van der Waals surface area contributed by atoms with E-state index in [0.717, 1.165) is 12.0 Å². The first-order valence-electron chi connectivity index (χ1n) is 7.60. The third-order valence-corrected chi connectivity index (χ3v) is 3.95. The Labute approximate surface area is 129 Å². The lowest BCUT2D eigenvalue weighted by molar-refractivity contribution is 0.0243. The Bertz CT molecular complexity index is 618. The van der Waals surface area contributed by atoms with E-state index < -0.39 is 6.10 Å². The van der Waals surface area contributed by atoms with Crippen LogP contribution in [-0.4, -0.2) is 23.9 Å². The molecule has 4 heteroatoms. The van der Waals surface area contributed by atoms with Gasteiger partial charge in [0.15, 0.2) is 0 Å². The van der Waals surface area contributed by atoms with Crippen LogP contribution >= 0.6 is 0 Å². The molecule has 2 atom stereocenters. The van der Waals surface area contributed by atoms with Crippen molar-refractivity contribution < 1.29 is 14.2 Å². The number of halogens is 1. The second kappa shape index (κ2) is 6.90. The maximum absolute atomic E-state index is 13.2. The molecule has 3 nitrogen and oxygen atoms in total. The van der Waals surface area contributed by atoms with Gasteiger partial charge in [-0.1, -0.05) is 30.3 Å². The Morgan fingerprint density at radius 3 is 2.86 bits per heavy atom. The van der Waals surface area contributed by atoms with Gasteiger partial charge in [-0.2, -0.15) is 0 Å². The summed E-state index contributed by atoms with van der Waals surface area (Å²) < 4.78 is 19.0. The van der Waals surface area contributed by atoms with Crippen molar-refractivity contribution in [1.29, 1.82) is 0 Å². The van der Waals surface area contributed by atoms with Crippen LogP contribution < -0.4 is 10.1 Å². The normalized spacial score (nSPS) is 18.4. The summed E-state index contributed by atoms with van der Waals surface area (Å²) in [6, 6.07) is 14.6. The van der Waals surface area contributed by atoms with Crippen LogP contribution in [0.25, 0.3) is 0 Å². The molecule has 0 fully saturated rings. The monoisotopic (exact) mass is 301 g/mol. The SMILES string of the molecule is O[C@@H](CNCc1ccccc1)[C@@H]1CCc2cc(F)ccc2O1. The molecule has 1 aliphatic heterocycles. The van der Waals surface area contributed by atoms with Gasteiger partial charge >= 0.3 is 0 Å². The molecule has 1 heterocycles. The fourth-order valence-corrected chi connectivity index (χ4v) is 2.74. The summed E-state index contributed by atoms with van der Waals surface area (Å²) in [5.41, 5.74) is 2.06. The number of nitrogens with one attached hydrogen (secondary N) is 1. The van der Waals surface area contributed by atoms with Gasteiger partial charge in [0, 0.05) is 13.1 Å². The van der Waals surface area contributed by atoms with Gasteiger partial charge in [-0.3, -0.25) is 0 Å². The highest BCUT2D eigenvalue weighted by atomic mass is 19.1. The Hall–Kier alpha value is -1.91. The smallest absolute Gasteiger partial charge is 0.126 e. The van der Waals surface area contributed by atoms with Gasteiger partial charge in [-0.15, -0.1) is 0 Å². The number of rotatable bonds is 5. The second-order valence-electron chi connectivity index (χ2n) is 5.63. The minimum atomic E-state index is -0.582. The molecule has 2 N–H and O–H groups in total. The van der Waals surface area contributed by atoms with E-state index in [0.29, 0.717) is 25.3 Å². The van der Waals surface area contributed by atoms with Crippen LogP contribution in [-0.2, 0) is 13.0 Å². The zero-order valence-corrected chi connectivity index (χ0v) is 12.3. The van der Waals surface area contributed by atoms with E-state index >= 15 is 0 Å². The Kier molecular flexibility index (Phi) is 4.71. The quantitative estimate of drug-likeness (QED) is 0.892. The summed E-state index contributed by atoms with van der Waals surface area (Å²) in [5.74, 6) is 0.436. The topological polar surface area (TPSA) is 41.5 Å². The van der Waals surface area contributed by atoms with Gasteiger partial charge in [-0.05, 0) is 42.2 Å². The van der Waals surface area contributed by atoms with E-state index in [4.69, 9.17) is 4.74 Å². The van der Waals surface area contributed by atoms with Crippen molar-refractivity contribution in [3.05, 3.63) is 65.5 Å². The van der Waals surface area contributed by atoms with Crippen LogP contribution in [0.5, 0.6) is 5.75 Å². The number of ether oxygens (including phenoxy) is 1. The minimum absolute atomic E-state index is 0.245. The number of hydrogen-bond donors (Lipinski definition) is 2. The molecule has 0 bridgehead atoms. The number of aliphatic hydroxyl groups is 1. The first-order valence-corrected chi connectivity index (χ1v) is 7.60. The zero-order valence-electron chi connectivity index (χ0n) is 12.3. The average molecular weight is 301 g/mol. The van der Waals surface area contributed by atoms with E-state index in [1.165, 1.54) is 17.7 Å². The fourth-order valence-electron chi connectivity index (χ4n) is 2.74. The number of aryl methyl sites for hydroxylation is 1. The van der Waals surface area contributed by atoms with Gasteiger partial charge in [0.25, 0.3) is 0 Å². The molecule has 3 rings (SSSR count). The molecule has 1 aliphatic rings. The van der Waals surface area contributed by atoms with Crippen LogP contribution in [0.1, 0.15) is 17.5 Å². The number of benzene rings is 2. The highest BCUT2D eigenvalue weighted by molar-refractivity contribution is 5.36. The number of fused-ring (bicyclic) bond motifs is 1. The maximum atomic E-state index is 13.2. The van der Waals surface area contributed by atoms with Crippen molar-refractivity contribution >= 4 is 0 Å². The predicted octanol–water partition coefficient (Wildman–Crippen LogP) is 2.67. The maximum Gasteiger partial charge on any atom is 0.126 e. The molecule has 0 saturated carbocycles. The van der Waals surface area contributed by atoms with Gasteiger partial charge in [0.05, 0.1) is 0 Å². The van der Waals surface area contributed by atoms with E-state index in [1.54, 1.807) is 6.07 Å². The fraction of sp³-hybridized carbons (Fsp3) is 0.333. The molecule has 0 radical (unpaired) electrons. The first-order chi connectivity index (χ1) is 10.7. The van der Waals surface area contributed by atoms with Crippen LogP contribution in [0.4, 0.5) is 4.39 Å².